The van der Waals surface area contributed by atoms with Crippen LogP contribution in [0.4, 0.5) is 4.79 Å². The zero-order chi connectivity index (χ0) is 21.5. The Hall–Kier alpha value is -1.89. The van der Waals surface area contributed by atoms with Crippen LogP contribution in [0.1, 0.15) is 57.7 Å². The highest BCUT2D eigenvalue weighted by Gasteiger charge is 2.44. The van der Waals surface area contributed by atoms with E-state index in [1.807, 2.05) is 45.0 Å². The van der Waals surface area contributed by atoms with E-state index >= 15 is 0 Å². The quantitative estimate of drug-likeness (QED) is 0.635. The van der Waals surface area contributed by atoms with Gasteiger partial charge in [-0.25, -0.2) is 4.79 Å². The van der Waals surface area contributed by atoms with Gasteiger partial charge in [0.05, 0.1) is 10.6 Å². The molecule has 5 nitrogen and oxygen atoms in total. The fourth-order valence-electron chi connectivity index (χ4n) is 4.43. The van der Waals surface area contributed by atoms with Gasteiger partial charge in [-0.1, -0.05) is 48.3 Å². The molecule has 1 atom stereocenters. The number of halogens is 1. The van der Waals surface area contributed by atoms with Gasteiger partial charge in [0.1, 0.15) is 11.1 Å². The first-order chi connectivity index (χ1) is 14.2. The summed E-state index contributed by atoms with van der Waals surface area (Å²) in [6, 6.07) is 11.9. The molecule has 0 amide bonds. The minimum Gasteiger partial charge on any atom is -0.443 e. The summed E-state index contributed by atoms with van der Waals surface area (Å²) in [6.45, 7) is 5.61. The molecule has 1 aromatic carbocycles. The molecular formula is C23H28ClN3O2S. The number of benzene rings is 1. The molecule has 1 aromatic heterocycles. The molecule has 1 aliphatic carbocycles. The van der Waals surface area contributed by atoms with Gasteiger partial charge in [0.25, 0.3) is 0 Å². The van der Waals surface area contributed by atoms with Crippen molar-refractivity contribution in [1.82, 2.24) is 9.88 Å². The SMILES string of the molecule is CC(C)(C)OC(=O)n1cccc1C1=C(C2(c3ccc(Cl)cc3)CCCC2)NC(N)S1. The number of carbonyl (C=O) groups is 1. The van der Waals surface area contributed by atoms with Crippen LogP contribution in [0, 0.1) is 0 Å². The van der Waals surface area contributed by atoms with Gasteiger partial charge >= 0.3 is 6.09 Å². The third-order valence-electron chi connectivity index (χ3n) is 5.66. The molecule has 1 unspecified atom stereocenters. The normalized spacial score (nSPS) is 21.0. The number of thioether (sulfide) groups is 1. The Labute approximate surface area is 187 Å². The topological polar surface area (TPSA) is 69.3 Å². The highest BCUT2D eigenvalue weighted by Crippen LogP contribution is 2.52. The number of rotatable bonds is 3. The van der Waals surface area contributed by atoms with Crippen molar-refractivity contribution in [2.75, 3.05) is 0 Å². The predicted octanol–water partition coefficient (Wildman–Crippen LogP) is 5.68. The molecule has 2 heterocycles. The molecule has 2 aromatic rings. The lowest BCUT2D eigenvalue weighted by atomic mass is 9.75. The number of nitrogens with zero attached hydrogens (tertiary/aromatic N) is 1. The van der Waals surface area contributed by atoms with E-state index in [1.165, 1.54) is 5.56 Å². The summed E-state index contributed by atoms with van der Waals surface area (Å²) in [5.74, 6) is 0. The zero-order valence-corrected chi connectivity index (χ0v) is 19.1. The van der Waals surface area contributed by atoms with Crippen molar-refractivity contribution < 1.29 is 9.53 Å². The minimum absolute atomic E-state index is 0.163. The molecule has 2 aliphatic rings. The van der Waals surface area contributed by atoms with Gasteiger partial charge < -0.3 is 15.8 Å². The molecule has 1 aliphatic heterocycles. The van der Waals surface area contributed by atoms with Gasteiger partial charge in [-0.05, 0) is 63.4 Å². The van der Waals surface area contributed by atoms with E-state index in [0.717, 1.165) is 47.0 Å². The first-order valence-corrected chi connectivity index (χ1v) is 11.6. The van der Waals surface area contributed by atoms with Crippen LogP contribution in [0.2, 0.25) is 5.02 Å². The Morgan fingerprint density at radius 3 is 2.53 bits per heavy atom. The number of carbonyl (C=O) groups excluding carboxylic acids is 1. The average molecular weight is 446 g/mol. The van der Waals surface area contributed by atoms with Crippen molar-refractivity contribution >= 4 is 34.4 Å². The van der Waals surface area contributed by atoms with Gasteiger partial charge in [-0.15, -0.1) is 0 Å². The molecule has 160 valence electrons. The minimum atomic E-state index is -0.566. The molecule has 1 saturated carbocycles. The maximum atomic E-state index is 12.8. The Balaban J connectivity index is 1.82. The van der Waals surface area contributed by atoms with Crippen molar-refractivity contribution in [3.8, 4) is 0 Å². The first kappa shape index (κ1) is 21.3. The predicted molar refractivity (Wildman–Crippen MR) is 123 cm³/mol. The molecule has 0 radical (unpaired) electrons. The maximum Gasteiger partial charge on any atom is 0.419 e. The van der Waals surface area contributed by atoms with E-state index in [2.05, 4.69) is 17.4 Å². The number of allylic oxidation sites excluding steroid dienone is 1. The summed E-state index contributed by atoms with van der Waals surface area (Å²) in [5.41, 5.74) is 8.49. The van der Waals surface area contributed by atoms with E-state index in [0.29, 0.717) is 0 Å². The summed E-state index contributed by atoms with van der Waals surface area (Å²) >= 11 is 7.71. The molecule has 1 fully saturated rings. The number of nitrogens with two attached hydrogens (primary N) is 1. The zero-order valence-electron chi connectivity index (χ0n) is 17.6. The summed E-state index contributed by atoms with van der Waals surface area (Å²) in [6.07, 6.45) is 5.72. The molecule has 0 bridgehead atoms. The second-order valence-electron chi connectivity index (χ2n) is 8.93. The Morgan fingerprint density at radius 1 is 1.23 bits per heavy atom. The van der Waals surface area contributed by atoms with Crippen LogP contribution in [0.25, 0.3) is 4.91 Å². The van der Waals surface area contributed by atoms with E-state index in [9.17, 15) is 4.79 Å². The molecule has 0 spiro atoms. The second-order valence-corrected chi connectivity index (χ2v) is 10.5. The molecule has 0 saturated heterocycles. The van der Waals surface area contributed by atoms with Crippen LogP contribution >= 0.6 is 23.4 Å². The molecule has 30 heavy (non-hydrogen) atoms. The van der Waals surface area contributed by atoms with Gasteiger partial charge in [0, 0.05) is 22.3 Å². The lowest BCUT2D eigenvalue weighted by molar-refractivity contribution is 0.0536. The van der Waals surface area contributed by atoms with E-state index in [-0.39, 0.29) is 17.0 Å². The highest BCUT2D eigenvalue weighted by atomic mass is 35.5. The van der Waals surface area contributed by atoms with Crippen molar-refractivity contribution in [2.24, 2.45) is 5.73 Å². The molecular weight excluding hydrogens is 418 g/mol. The Kier molecular flexibility index (Phi) is 5.68. The third-order valence-corrected chi connectivity index (χ3v) is 6.94. The lowest BCUT2D eigenvalue weighted by Gasteiger charge is -2.33. The molecule has 4 rings (SSSR count). The van der Waals surface area contributed by atoms with E-state index in [1.54, 1.807) is 22.5 Å². The fraction of sp³-hybridized carbons (Fsp3) is 0.435. The monoisotopic (exact) mass is 445 g/mol. The summed E-state index contributed by atoms with van der Waals surface area (Å²) in [4.78, 5) is 13.8. The van der Waals surface area contributed by atoms with Crippen LogP contribution < -0.4 is 11.1 Å². The molecule has 7 heteroatoms. The number of hydrogen-bond acceptors (Lipinski definition) is 5. The number of aromatic nitrogens is 1. The molecule has 3 N–H and O–H groups in total. The Bertz CT molecular complexity index is 969. The smallest absolute Gasteiger partial charge is 0.419 e. The van der Waals surface area contributed by atoms with Crippen molar-refractivity contribution in [1.29, 1.82) is 0 Å². The number of hydrogen-bond donors (Lipinski definition) is 2. The van der Waals surface area contributed by atoms with Gasteiger partial charge in [0.15, 0.2) is 0 Å². The fourth-order valence-corrected chi connectivity index (χ4v) is 5.65. The van der Waals surface area contributed by atoms with E-state index in [4.69, 9.17) is 22.1 Å². The van der Waals surface area contributed by atoms with Crippen LogP contribution in [0.15, 0.2) is 48.3 Å². The number of nitrogens with one attached hydrogen (secondary N) is 1. The maximum absolute atomic E-state index is 12.8. The van der Waals surface area contributed by atoms with Gasteiger partial charge in [0.2, 0.25) is 0 Å². The van der Waals surface area contributed by atoms with E-state index < -0.39 is 5.60 Å². The second kappa shape index (κ2) is 7.98. The third kappa shape index (κ3) is 4.01. The Morgan fingerprint density at radius 2 is 1.90 bits per heavy atom. The van der Waals surface area contributed by atoms with Crippen molar-refractivity contribution in [3.05, 3.63) is 64.6 Å². The lowest BCUT2D eigenvalue weighted by Crippen LogP contribution is -2.38. The van der Waals surface area contributed by atoms with Crippen molar-refractivity contribution in [3.63, 3.8) is 0 Å². The van der Waals surface area contributed by atoms with Crippen LogP contribution in [0.5, 0.6) is 0 Å². The summed E-state index contributed by atoms with van der Waals surface area (Å²) in [7, 11) is 0. The summed E-state index contributed by atoms with van der Waals surface area (Å²) < 4.78 is 7.20. The van der Waals surface area contributed by atoms with Crippen LogP contribution in [0.3, 0.4) is 0 Å². The van der Waals surface area contributed by atoms with Gasteiger partial charge in [-0.3, -0.25) is 4.57 Å². The van der Waals surface area contributed by atoms with Crippen LogP contribution in [-0.2, 0) is 10.2 Å². The average Bonchev–Trinajstić information content (AvgIpc) is 3.40. The summed E-state index contributed by atoms with van der Waals surface area (Å²) in [5, 5.41) is 4.25. The van der Waals surface area contributed by atoms with Gasteiger partial charge in [-0.2, -0.15) is 0 Å². The van der Waals surface area contributed by atoms with Crippen molar-refractivity contribution in [2.45, 2.75) is 63.0 Å². The largest absolute Gasteiger partial charge is 0.443 e. The highest BCUT2D eigenvalue weighted by molar-refractivity contribution is 8.09. The van der Waals surface area contributed by atoms with Crippen LogP contribution in [-0.4, -0.2) is 21.8 Å². The standard InChI is InChI=1S/C23H28ClN3O2S/c1-22(2,3)29-21(28)27-14-6-7-17(27)18-19(26-20(25)30-18)23(12-4-5-13-23)15-8-10-16(24)11-9-15/h6-11,14,20,26H,4-5,12-13,25H2,1-3H3. The number of ether oxygens (including phenoxy) is 1. The first-order valence-electron chi connectivity index (χ1n) is 10.3.